The number of amides is 2. The fourth-order valence-electron chi connectivity index (χ4n) is 4.23. The van der Waals surface area contributed by atoms with Crippen molar-refractivity contribution in [3.05, 3.63) is 88.2 Å². The molecular weight excluding hydrogens is 461 g/mol. The molecule has 168 valence electrons. The third kappa shape index (κ3) is 4.43. The number of hydrogen-bond acceptors (Lipinski definition) is 4. The molecule has 2 aliphatic rings. The molecule has 1 aliphatic heterocycles. The van der Waals surface area contributed by atoms with Crippen molar-refractivity contribution in [2.24, 2.45) is 0 Å². The normalized spacial score (nSPS) is 16.7. The van der Waals surface area contributed by atoms with Crippen molar-refractivity contribution in [3.8, 4) is 0 Å². The Hall–Kier alpha value is -3.03. The lowest BCUT2D eigenvalue weighted by molar-refractivity contribution is -0.113. The van der Waals surface area contributed by atoms with Crippen molar-refractivity contribution in [3.63, 3.8) is 0 Å². The van der Waals surface area contributed by atoms with E-state index in [0.717, 1.165) is 24.9 Å². The van der Waals surface area contributed by atoms with Gasteiger partial charge in [0.15, 0.2) is 5.50 Å². The molecule has 2 amide bonds. The number of aryl methyl sites for hydroxylation is 2. The summed E-state index contributed by atoms with van der Waals surface area (Å²) in [5.74, 6) is -0.849. The molecule has 1 aliphatic carbocycles. The number of thioether (sulfide) groups is 1. The number of nitrogens with zero attached hydrogens (tertiary/aromatic N) is 1. The van der Waals surface area contributed by atoms with Crippen LogP contribution in [0.4, 0.5) is 21.5 Å². The molecule has 0 radical (unpaired) electrons. The topological polar surface area (TPSA) is 61.4 Å². The fraction of sp³-hybridized carbons (Fsp3) is 0.200. The Morgan fingerprint density at radius 1 is 1.12 bits per heavy atom. The van der Waals surface area contributed by atoms with Crippen LogP contribution in [0.2, 0.25) is 5.02 Å². The number of hydrogen-bond donors (Lipinski definition) is 2. The van der Waals surface area contributed by atoms with E-state index in [9.17, 15) is 14.0 Å². The van der Waals surface area contributed by atoms with Gasteiger partial charge in [-0.2, -0.15) is 0 Å². The van der Waals surface area contributed by atoms with Gasteiger partial charge in [0.05, 0.1) is 16.3 Å². The monoisotopic (exact) mass is 481 g/mol. The average Bonchev–Trinajstić information content (AvgIpc) is 3.28. The van der Waals surface area contributed by atoms with E-state index in [-0.39, 0.29) is 22.6 Å². The molecule has 1 atom stereocenters. The van der Waals surface area contributed by atoms with Gasteiger partial charge in [0.2, 0.25) is 5.91 Å². The van der Waals surface area contributed by atoms with Crippen LogP contribution in [0.25, 0.3) is 0 Å². The Morgan fingerprint density at radius 3 is 2.79 bits per heavy atom. The van der Waals surface area contributed by atoms with Crippen LogP contribution in [0.1, 0.15) is 27.9 Å². The van der Waals surface area contributed by atoms with Gasteiger partial charge in [-0.3, -0.25) is 14.5 Å². The second-order valence-corrected chi connectivity index (χ2v) is 9.49. The summed E-state index contributed by atoms with van der Waals surface area (Å²) in [4.78, 5) is 27.5. The predicted molar refractivity (Wildman–Crippen MR) is 132 cm³/mol. The number of benzene rings is 3. The predicted octanol–water partition coefficient (Wildman–Crippen LogP) is 5.70. The number of rotatable bonds is 5. The maximum Gasteiger partial charge on any atom is 0.262 e. The maximum absolute atomic E-state index is 13.7. The maximum atomic E-state index is 13.7. The van der Waals surface area contributed by atoms with Crippen molar-refractivity contribution >= 4 is 52.2 Å². The minimum atomic E-state index is -0.570. The van der Waals surface area contributed by atoms with E-state index in [2.05, 4.69) is 16.7 Å². The lowest BCUT2D eigenvalue weighted by atomic mass is 10.1. The van der Waals surface area contributed by atoms with Gasteiger partial charge in [-0.25, -0.2) is 4.39 Å². The van der Waals surface area contributed by atoms with E-state index in [4.69, 9.17) is 11.6 Å². The number of halogens is 2. The number of nitrogens with one attached hydrogen (secondary N) is 2. The van der Waals surface area contributed by atoms with Crippen LogP contribution in [0.15, 0.2) is 60.7 Å². The molecule has 3 aromatic carbocycles. The Balaban J connectivity index is 1.35. The van der Waals surface area contributed by atoms with Gasteiger partial charge in [-0.1, -0.05) is 29.8 Å². The number of anilines is 3. The number of carbonyl (C=O) groups is 2. The molecule has 5 nitrogen and oxygen atoms in total. The number of para-hydroxylation sites is 1. The summed E-state index contributed by atoms with van der Waals surface area (Å²) in [6, 6.07) is 17.4. The summed E-state index contributed by atoms with van der Waals surface area (Å²) in [6.45, 7) is 0. The van der Waals surface area contributed by atoms with Crippen LogP contribution in [0.5, 0.6) is 0 Å². The third-order valence-electron chi connectivity index (χ3n) is 5.83. The second-order valence-electron chi connectivity index (χ2n) is 8.01. The Labute approximate surface area is 200 Å². The summed E-state index contributed by atoms with van der Waals surface area (Å²) in [5, 5.41) is 6.19. The average molecular weight is 482 g/mol. The Kier molecular flexibility index (Phi) is 6.00. The fourth-order valence-corrected chi connectivity index (χ4v) is 5.37. The van der Waals surface area contributed by atoms with Crippen LogP contribution in [0, 0.1) is 5.82 Å². The number of carbonyl (C=O) groups excluding carboxylic acids is 2. The Morgan fingerprint density at radius 2 is 1.94 bits per heavy atom. The molecule has 0 saturated carbocycles. The molecule has 0 bridgehead atoms. The molecular formula is C25H21ClFN3O2S. The molecule has 0 spiro atoms. The third-order valence-corrected chi connectivity index (χ3v) is 7.19. The molecule has 3 aromatic rings. The van der Waals surface area contributed by atoms with E-state index >= 15 is 0 Å². The van der Waals surface area contributed by atoms with Crippen molar-refractivity contribution in [1.29, 1.82) is 0 Å². The summed E-state index contributed by atoms with van der Waals surface area (Å²) < 4.78 is 13.7. The molecule has 1 unspecified atom stereocenters. The Bertz CT molecular complexity index is 1250. The summed E-state index contributed by atoms with van der Waals surface area (Å²) in [5.41, 5.74) is 4.47. The lowest BCUT2D eigenvalue weighted by Crippen LogP contribution is -2.47. The van der Waals surface area contributed by atoms with E-state index < -0.39 is 11.3 Å². The van der Waals surface area contributed by atoms with Crippen molar-refractivity contribution < 1.29 is 14.0 Å². The highest BCUT2D eigenvalue weighted by Gasteiger charge is 2.34. The highest BCUT2D eigenvalue weighted by Crippen LogP contribution is 2.35. The van der Waals surface area contributed by atoms with Crippen LogP contribution in [-0.4, -0.2) is 23.1 Å². The van der Waals surface area contributed by atoms with Crippen molar-refractivity contribution in [2.45, 2.75) is 24.8 Å². The van der Waals surface area contributed by atoms with Gasteiger partial charge in [-0.05, 0) is 72.9 Å². The van der Waals surface area contributed by atoms with E-state index in [1.807, 2.05) is 24.3 Å². The standard InChI is InChI=1S/C25H21ClFN3O2S/c26-20-13-18(10-11-21(20)27)30-24(32)19-6-1-2-7-22(19)29-25(30)33-14-23(31)28-17-9-8-15-4-3-5-16(15)12-17/h1-2,6-13,25,29H,3-5,14H2,(H,28,31). The van der Waals surface area contributed by atoms with E-state index in [0.29, 0.717) is 16.9 Å². The van der Waals surface area contributed by atoms with Gasteiger partial charge in [-0.15, -0.1) is 11.8 Å². The van der Waals surface area contributed by atoms with Crippen molar-refractivity contribution in [1.82, 2.24) is 0 Å². The van der Waals surface area contributed by atoms with Gasteiger partial charge >= 0.3 is 0 Å². The van der Waals surface area contributed by atoms with Crippen LogP contribution >= 0.6 is 23.4 Å². The smallest absolute Gasteiger partial charge is 0.262 e. The van der Waals surface area contributed by atoms with Gasteiger partial charge in [0.1, 0.15) is 5.82 Å². The molecule has 2 N–H and O–H groups in total. The van der Waals surface area contributed by atoms with E-state index in [1.165, 1.54) is 46.0 Å². The summed E-state index contributed by atoms with van der Waals surface area (Å²) in [6.07, 6.45) is 3.27. The van der Waals surface area contributed by atoms with Crippen LogP contribution in [-0.2, 0) is 17.6 Å². The molecule has 33 heavy (non-hydrogen) atoms. The zero-order chi connectivity index (χ0) is 22.9. The molecule has 0 aromatic heterocycles. The number of fused-ring (bicyclic) bond motifs is 2. The highest BCUT2D eigenvalue weighted by atomic mass is 35.5. The first-order valence-corrected chi connectivity index (χ1v) is 12.1. The largest absolute Gasteiger partial charge is 0.356 e. The first kappa shape index (κ1) is 21.8. The zero-order valence-electron chi connectivity index (χ0n) is 17.6. The summed E-state index contributed by atoms with van der Waals surface area (Å²) >= 11 is 7.26. The SMILES string of the molecule is O=C(CSC1Nc2ccccc2C(=O)N1c1ccc(F)c(Cl)c1)Nc1ccc2c(c1)CCC2. The highest BCUT2D eigenvalue weighted by molar-refractivity contribution is 8.00. The molecule has 8 heteroatoms. The van der Waals surface area contributed by atoms with Gasteiger partial charge in [0.25, 0.3) is 5.91 Å². The first-order valence-electron chi connectivity index (χ1n) is 10.7. The second kappa shape index (κ2) is 9.08. The molecule has 0 fully saturated rings. The quantitative estimate of drug-likeness (QED) is 0.491. The van der Waals surface area contributed by atoms with Gasteiger partial charge < -0.3 is 10.6 Å². The zero-order valence-corrected chi connectivity index (χ0v) is 19.2. The van der Waals surface area contributed by atoms with E-state index in [1.54, 1.807) is 12.1 Å². The van der Waals surface area contributed by atoms with Crippen LogP contribution in [0.3, 0.4) is 0 Å². The minimum absolute atomic E-state index is 0.0720. The first-order chi connectivity index (χ1) is 16.0. The molecule has 1 heterocycles. The summed E-state index contributed by atoms with van der Waals surface area (Å²) in [7, 11) is 0. The molecule has 5 rings (SSSR count). The minimum Gasteiger partial charge on any atom is -0.356 e. The lowest BCUT2D eigenvalue weighted by Gasteiger charge is -2.37. The van der Waals surface area contributed by atoms with Crippen LogP contribution < -0.4 is 15.5 Å². The van der Waals surface area contributed by atoms with Crippen molar-refractivity contribution in [2.75, 3.05) is 21.3 Å². The van der Waals surface area contributed by atoms with Gasteiger partial charge in [0, 0.05) is 17.1 Å². The molecule has 0 saturated heterocycles.